The van der Waals surface area contributed by atoms with Gasteiger partial charge < -0.3 is 14.8 Å². The predicted molar refractivity (Wildman–Crippen MR) is 80.8 cm³/mol. The van der Waals surface area contributed by atoms with Gasteiger partial charge in [0.25, 0.3) is 0 Å². The number of nitrogens with zero attached hydrogens (tertiary/aromatic N) is 1. The van der Waals surface area contributed by atoms with Crippen LogP contribution in [0.2, 0.25) is 0 Å². The van der Waals surface area contributed by atoms with Gasteiger partial charge in [-0.1, -0.05) is 13.0 Å². The highest BCUT2D eigenvalue weighted by atomic mass is 16.5. The van der Waals surface area contributed by atoms with E-state index >= 15 is 0 Å². The normalized spacial score (nSPS) is 26.4. The molecule has 1 aliphatic heterocycles. The van der Waals surface area contributed by atoms with Crippen LogP contribution in [0, 0.1) is 0 Å². The van der Waals surface area contributed by atoms with Gasteiger partial charge >= 0.3 is 0 Å². The molecular formula is C16H26N2O2. The predicted octanol–water partition coefficient (Wildman–Crippen LogP) is 3.38. The fraction of sp³-hybridized carbons (Fsp3) is 0.688. The smallest absolute Gasteiger partial charge is 0.125 e. The first-order valence-electron chi connectivity index (χ1n) is 7.63. The molecule has 0 bridgehead atoms. The summed E-state index contributed by atoms with van der Waals surface area (Å²) in [6.45, 7) is 7.96. The maximum Gasteiger partial charge on any atom is 0.125 e. The molecule has 2 unspecified atom stereocenters. The minimum absolute atomic E-state index is 0.294. The average molecular weight is 278 g/mol. The Hall–Kier alpha value is -1.13. The molecule has 0 aromatic carbocycles. The Bertz CT molecular complexity index is 384. The summed E-state index contributed by atoms with van der Waals surface area (Å²) in [6.07, 6.45) is 5.84. The SMILES string of the molecule is CCCNc1ccc(COC2CC(C)OC(C)C2)cn1. The molecule has 20 heavy (non-hydrogen) atoms. The maximum atomic E-state index is 5.99. The van der Waals surface area contributed by atoms with Crippen LogP contribution in [0.5, 0.6) is 0 Å². The molecule has 1 N–H and O–H groups in total. The number of pyridine rings is 1. The Labute approximate surface area is 121 Å². The van der Waals surface area contributed by atoms with Crippen molar-refractivity contribution in [1.82, 2.24) is 4.98 Å². The molecule has 1 aromatic rings. The van der Waals surface area contributed by atoms with Crippen molar-refractivity contribution in [2.45, 2.75) is 65.0 Å². The van der Waals surface area contributed by atoms with E-state index < -0.39 is 0 Å². The second-order valence-electron chi connectivity index (χ2n) is 5.64. The first-order chi connectivity index (χ1) is 9.67. The van der Waals surface area contributed by atoms with E-state index in [2.05, 4.69) is 37.1 Å². The van der Waals surface area contributed by atoms with Crippen molar-refractivity contribution in [3.63, 3.8) is 0 Å². The molecular weight excluding hydrogens is 252 g/mol. The van der Waals surface area contributed by atoms with E-state index in [0.717, 1.165) is 37.2 Å². The first-order valence-corrected chi connectivity index (χ1v) is 7.63. The van der Waals surface area contributed by atoms with Gasteiger partial charge in [-0.15, -0.1) is 0 Å². The van der Waals surface area contributed by atoms with Gasteiger partial charge in [0.15, 0.2) is 0 Å². The quantitative estimate of drug-likeness (QED) is 0.866. The van der Waals surface area contributed by atoms with E-state index in [0.29, 0.717) is 24.9 Å². The number of aromatic nitrogens is 1. The summed E-state index contributed by atoms with van der Waals surface area (Å²) < 4.78 is 11.7. The topological polar surface area (TPSA) is 43.4 Å². The highest BCUT2D eigenvalue weighted by Crippen LogP contribution is 2.22. The standard InChI is InChI=1S/C16H26N2O2/c1-4-7-17-16-6-5-14(10-18-16)11-19-15-8-12(2)20-13(3)9-15/h5-6,10,12-13,15H,4,7-9,11H2,1-3H3,(H,17,18). The van der Waals surface area contributed by atoms with E-state index in [1.807, 2.05) is 12.3 Å². The second kappa shape index (κ2) is 7.60. The van der Waals surface area contributed by atoms with E-state index in [1.165, 1.54) is 0 Å². The van der Waals surface area contributed by atoms with Crippen molar-refractivity contribution in [3.05, 3.63) is 23.9 Å². The number of anilines is 1. The van der Waals surface area contributed by atoms with Crippen LogP contribution in [0.4, 0.5) is 5.82 Å². The highest BCUT2D eigenvalue weighted by Gasteiger charge is 2.24. The number of hydrogen-bond acceptors (Lipinski definition) is 4. The van der Waals surface area contributed by atoms with Crippen LogP contribution in [-0.4, -0.2) is 29.8 Å². The minimum Gasteiger partial charge on any atom is -0.375 e. The number of nitrogens with one attached hydrogen (secondary N) is 1. The Morgan fingerprint density at radius 3 is 2.65 bits per heavy atom. The molecule has 1 aliphatic rings. The second-order valence-corrected chi connectivity index (χ2v) is 5.64. The summed E-state index contributed by atoms with van der Waals surface area (Å²) in [4.78, 5) is 4.39. The summed E-state index contributed by atoms with van der Waals surface area (Å²) in [6, 6.07) is 4.10. The molecule has 0 amide bonds. The van der Waals surface area contributed by atoms with Gasteiger partial charge in [-0.3, -0.25) is 0 Å². The molecule has 0 spiro atoms. The zero-order valence-electron chi connectivity index (χ0n) is 12.8. The molecule has 0 aliphatic carbocycles. The molecule has 4 heteroatoms. The van der Waals surface area contributed by atoms with E-state index in [9.17, 15) is 0 Å². The van der Waals surface area contributed by atoms with Crippen molar-refractivity contribution in [3.8, 4) is 0 Å². The maximum absolute atomic E-state index is 5.99. The van der Waals surface area contributed by atoms with Crippen molar-refractivity contribution < 1.29 is 9.47 Å². The molecule has 0 saturated carbocycles. The largest absolute Gasteiger partial charge is 0.375 e. The van der Waals surface area contributed by atoms with Crippen molar-refractivity contribution >= 4 is 5.82 Å². The molecule has 1 saturated heterocycles. The Morgan fingerprint density at radius 1 is 1.30 bits per heavy atom. The van der Waals surface area contributed by atoms with E-state index in [1.54, 1.807) is 0 Å². The summed E-state index contributed by atoms with van der Waals surface area (Å²) >= 11 is 0. The fourth-order valence-corrected chi connectivity index (χ4v) is 2.56. The van der Waals surface area contributed by atoms with Gasteiger partial charge in [-0.25, -0.2) is 4.98 Å². The highest BCUT2D eigenvalue weighted by molar-refractivity contribution is 5.35. The van der Waals surface area contributed by atoms with Crippen LogP contribution in [-0.2, 0) is 16.1 Å². The summed E-state index contributed by atoms with van der Waals surface area (Å²) in [5.41, 5.74) is 1.12. The van der Waals surface area contributed by atoms with Crippen LogP contribution in [0.1, 0.15) is 45.6 Å². The molecule has 1 fully saturated rings. The average Bonchev–Trinajstić information content (AvgIpc) is 2.43. The zero-order valence-corrected chi connectivity index (χ0v) is 12.8. The summed E-state index contributed by atoms with van der Waals surface area (Å²) in [5, 5.41) is 3.27. The van der Waals surface area contributed by atoms with Crippen molar-refractivity contribution in [2.24, 2.45) is 0 Å². The third-order valence-corrected chi connectivity index (χ3v) is 3.52. The first kappa shape index (κ1) is 15.3. The van der Waals surface area contributed by atoms with Crippen LogP contribution in [0.15, 0.2) is 18.3 Å². The molecule has 2 heterocycles. The Morgan fingerprint density at radius 2 is 2.05 bits per heavy atom. The Kier molecular flexibility index (Phi) is 5.80. The van der Waals surface area contributed by atoms with Gasteiger partial charge in [0.1, 0.15) is 5.82 Å². The number of ether oxygens (including phenoxy) is 2. The van der Waals surface area contributed by atoms with Crippen molar-refractivity contribution in [2.75, 3.05) is 11.9 Å². The lowest BCUT2D eigenvalue weighted by Crippen LogP contribution is -2.33. The minimum atomic E-state index is 0.294. The summed E-state index contributed by atoms with van der Waals surface area (Å²) in [7, 11) is 0. The van der Waals surface area contributed by atoms with Gasteiger partial charge in [0, 0.05) is 12.7 Å². The summed E-state index contributed by atoms with van der Waals surface area (Å²) in [5.74, 6) is 0.934. The molecule has 2 atom stereocenters. The van der Waals surface area contributed by atoms with Crippen LogP contribution >= 0.6 is 0 Å². The lowest BCUT2D eigenvalue weighted by Gasteiger charge is -2.32. The monoisotopic (exact) mass is 278 g/mol. The molecule has 2 rings (SSSR count). The third kappa shape index (κ3) is 4.76. The molecule has 0 radical (unpaired) electrons. The third-order valence-electron chi connectivity index (χ3n) is 3.52. The van der Waals surface area contributed by atoms with E-state index in [-0.39, 0.29) is 0 Å². The molecule has 112 valence electrons. The number of rotatable bonds is 6. The fourth-order valence-electron chi connectivity index (χ4n) is 2.56. The lowest BCUT2D eigenvalue weighted by atomic mass is 10.0. The van der Waals surface area contributed by atoms with Crippen LogP contribution in [0.3, 0.4) is 0 Å². The lowest BCUT2D eigenvalue weighted by molar-refractivity contribution is -0.106. The van der Waals surface area contributed by atoms with Gasteiger partial charge in [0.05, 0.1) is 24.9 Å². The molecule has 4 nitrogen and oxygen atoms in total. The van der Waals surface area contributed by atoms with Crippen LogP contribution < -0.4 is 5.32 Å². The van der Waals surface area contributed by atoms with E-state index in [4.69, 9.17) is 9.47 Å². The van der Waals surface area contributed by atoms with Crippen molar-refractivity contribution in [1.29, 1.82) is 0 Å². The Balaban J connectivity index is 1.78. The van der Waals surface area contributed by atoms with Gasteiger partial charge in [-0.2, -0.15) is 0 Å². The number of hydrogen-bond donors (Lipinski definition) is 1. The van der Waals surface area contributed by atoms with Gasteiger partial charge in [0.2, 0.25) is 0 Å². The van der Waals surface area contributed by atoms with Gasteiger partial charge in [-0.05, 0) is 44.7 Å². The zero-order chi connectivity index (χ0) is 14.4. The van der Waals surface area contributed by atoms with Crippen LogP contribution in [0.25, 0.3) is 0 Å². The molecule has 1 aromatic heterocycles.